The Morgan fingerprint density at radius 2 is 1.80 bits per heavy atom. The first-order valence-corrected chi connectivity index (χ1v) is 9.67. The average Bonchev–Trinajstić information content (AvgIpc) is 2.76. The molecule has 3 rings (SSSR count). The van der Waals surface area contributed by atoms with Gasteiger partial charge in [-0.15, -0.1) is 24.0 Å². The zero-order chi connectivity index (χ0) is 20.7. The summed E-state index contributed by atoms with van der Waals surface area (Å²) in [5, 5.41) is 6.41. The van der Waals surface area contributed by atoms with E-state index in [-0.39, 0.29) is 41.5 Å². The Labute approximate surface area is 193 Å². The van der Waals surface area contributed by atoms with Gasteiger partial charge < -0.3 is 20.1 Å². The van der Waals surface area contributed by atoms with Crippen molar-refractivity contribution >= 4 is 29.9 Å². The molecule has 2 aromatic carbocycles. The zero-order valence-electron chi connectivity index (χ0n) is 17.2. The van der Waals surface area contributed by atoms with Crippen molar-refractivity contribution in [3.05, 3.63) is 65.2 Å². The van der Waals surface area contributed by atoms with Gasteiger partial charge in [0.1, 0.15) is 17.4 Å². The van der Waals surface area contributed by atoms with Crippen molar-refractivity contribution in [1.29, 1.82) is 0 Å². The molecule has 0 spiro atoms. The molecule has 5 nitrogen and oxygen atoms in total. The molecule has 1 fully saturated rings. The van der Waals surface area contributed by atoms with E-state index < -0.39 is 11.6 Å². The monoisotopic (exact) mass is 531 g/mol. The highest BCUT2D eigenvalue weighted by Crippen LogP contribution is 2.35. The van der Waals surface area contributed by atoms with Crippen LogP contribution in [0.2, 0.25) is 0 Å². The van der Waals surface area contributed by atoms with Crippen LogP contribution in [0.4, 0.5) is 8.78 Å². The Kier molecular flexibility index (Phi) is 9.29. The second-order valence-corrected chi connectivity index (χ2v) is 7.14. The number of halogens is 3. The molecule has 1 heterocycles. The first-order valence-electron chi connectivity index (χ1n) is 9.67. The van der Waals surface area contributed by atoms with E-state index in [2.05, 4.69) is 27.8 Å². The zero-order valence-corrected chi connectivity index (χ0v) is 19.5. The Morgan fingerprint density at radius 3 is 2.43 bits per heavy atom. The summed E-state index contributed by atoms with van der Waals surface area (Å²) >= 11 is 0. The number of nitrogens with zero attached hydrogens (tertiary/aromatic N) is 1. The van der Waals surface area contributed by atoms with Crippen LogP contribution in [0.5, 0.6) is 5.75 Å². The minimum atomic E-state index is -0.466. The van der Waals surface area contributed by atoms with E-state index in [1.807, 2.05) is 12.1 Å². The minimum absolute atomic E-state index is 0. The van der Waals surface area contributed by atoms with Gasteiger partial charge in [0.25, 0.3) is 0 Å². The van der Waals surface area contributed by atoms with Gasteiger partial charge in [-0.25, -0.2) is 8.78 Å². The van der Waals surface area contributed by atoms with Gasteiger partial charge in [-0.1, -0.05) is 12.1 Å². The predicted molar refractivity (Wildman–Crippen MR) is 125 cm³/mol. The maximum Gasteiger partial charge on any atom is 0.191 e. The Morgan fingerprint density at radius 1 is 1.10 bits per heavy atom. The molecule has 2 N–H and O–H groups in total. The molecule has 0 radical (unpaired) electrons. The van der Waals surface area contributed by atoms with E-state index in [1.54, 1.807) is 14.2 Å². The molecule has 30 heavy (non-hydrogen) atoms. The second-order valence-electron chi connectivity index (χ2n) is 7.14. The topological polar surface area (TPSA) is 54.9 Å². The summed E-state index contributed by atoms with van der Waals surface area (Å²) in [5.74, 6) is 0.437. The van der Waals surface area contributed by atoms with Crippen LogP contribution in [-0.2, 0) is 16.7 Å². The van der Waals surface area contributed by atoms with Crippen LogP contribution in [0.3, 0.4) is 0 Å². The summed E-state index contributed by atoms with van der Waals surface area (Å²) in [6.07, 6.45) is 1.75. The molecule has 1 aliphatic rings. The van der Waals surface area contributed by atoms with Gasteiger partial charge in [-0.2, -0.15) is 0 Å². The van der Waals surface area contributed by atoms with Crippen molar-refractivity contribution in [2.24, 2.45) is 4.99 Å². The number of nitrogens with one attached hydrogen (secondary N) is 2. The molecule has 0 atom stereocenters. The molecule has 2 aromatic rings. The van der Waals surface area contributed by atoms with Crippen LogP contribution in [0.15, 0.2) is 47.5 Å². The van der Waals surface area contributed by atoms with E-state index in [9.17, 15) is 8.78 Å². The van der Waals surface area contributed by atoms with Gasteiger partial charge >= 0.3 is 0 Å². The van der Waals surface area contributed by atoms with Crippen LogP contribution in [0.1, 0.15) is 24.0 Å². The smallest absolute Gasteiger partial charge is 0.191 e. The maximum absolute atomic E-state index is 13.9. The summed E-state index contributed by atoms with van der Waals surface area (Å²) < 4.78 is 38.1. The van der Waals surface area contributed by atoms with Crippen LogP contribution in [0, 0.1) is 11.6 Å². The number of hydrogen-bond acceptors (Lipinski definition) is 3. The largest absolute Gasteiger partial charge is 0.497 e. The molecule has 0 aliphatic carbocycles. The van der Waals surface area contributed by atoms with Crippen molar-refractivity contribution in [1.82, 2.24) is 10.6 Å². The highest BCUT2D eigenvalue weighted by Gasteiger charge is 2.34. The van der Waals surface area contributed by atoms with E-state index in [0.29, 0.717) is 25.7 Å². The Hall–Kier alpha value is -1.94. The number of rotatable bonds is 6. The van der Waals surface area contributed by atoms with E-state index in [4.69, 9.17) is 9.47 Å². The summed E-state index contributed by atoms with van der Waals surface area (Å²) in [7, 11) is 3.30. The molecule has 164 valence electrons. The third-order valence-electron chi connectivity index (χ3n) is 5.42. The lowest BCUT2D eigenvalue weighted by Crippen LogP contribution is -2.48. The summed E-state index contributed by atoms with van der Waals surface area (Å²) in [6.45, 7) is 2.17. The molecule has 8 heteroatoms. The number of aliphatic imine (C=N–C) groups is 1. The van der Waals surface area contributed by atoms with E-state index >= 15 is 0 Å². The minimum Gasteiger partial charge on any atom is -0.497 e. The number of benzene rings is 2. The Bertz CT molecular complexity index is 841. The molecule has 1 aliphatic heterocycles. The van der Waals surface area contributed by atoms with Crippen molar-refractivity contribution in [3.8, 4) is 5.75 Å². The third-order valence-corrected chi connectivity index (χ3v) is 5.42. The average molecular weight is 531 g/mol. The lowest BCUT2D eigenvalue weighted by molar-refractivity contribution is 0.0513. The summed E-state index contributed by atoms with van der Waals surface area (Å²) in [5.41, 5.74) is 1.36. The van der Waals surface area contributed by atoms with Gasteiger partial charge in [-0.3, -0.25) is 4.99 Å². The first-order chi connectivity index (χ1) is 14.1. The van der Waals surface area contributed by atoms with Crippen molar-refractivity contribution in [2.45, 2.75) is 24.8 Å². The fourth-order valence-corrected chi connectivity index (χ4v) is 3.61. The maximum atomic E-state index is 13.9. The van der Waals surface area contributed by atoms with Crippen LogP contribution >= 0.6 is 24.0 Å². The third kappa shape index (κ3) is 6.04. The van der Waals surface area contributed by atoms with Crippen LogP contribution in [-0.4, -0.2) is 39.9 Å². The fourth-order valence-electron chi connectivity index (χ4n) is 3.61. The van der Waals surface area contributed by atoms with Gasteiger partial charge in [0.05, 0.1) is 7.11 Å². The fraction of sp³-hybridized carbons (Fsp3) is 0.409. The lowest BCUT2D eigenvalue weighted by atomic mass is 9.74. The van der Waals surface area contributed by atoms with Crippen molar-refractivity contribution < 1.29 is 18.3 Å². The molecule has 0 unspecified atom stereocenters. The Balaban J connectivity index is 0.00000320. The number of methoxy groups -OCH3 is 1. The first kappa shape index (κ1) is 24.3. The normalized spacial score (nSPS) is 15.8. The quantitative estimate of drug-likeness (QED) is 0.336. The van der Waals surface area contributed by atoms with Gasteiger partial charge in [0.15, 0.2) is 5.96 Å². The molecule has 1 saturated heterocycles. The standard InChI is InChI=1S/C22H27F2N3O2.HI/c1-25-21(26-14-16-13-18(23)5-8-20(16)24)27-15-22(9-11-29-12-10-22)17-3-6-19(28-2)7-4-17;/h3-8,13H,9-12,14-15H2,1-2H3,(H2,25,26,27);1H. The van der Waals surface area contributed by atoms with E-state index in [1.165, 1.54) is 11.6 Å². The lowest BCUT2D eigenvalue weighted by Gasteiger charge is -2.38. The molecule has 0 amide bonds. The molecule has 0 aromatic heterocycles. The predicted octanol–water partition coefficient (Wildman–Crippen LogP) is 4.00. The summed E-state index contributed by atoms with van der Waals surface area (Å²) in [4.78, 5) is 4.22. The molecular formula is C22H28F2IN3O2. The number of hydrogen-bond donors (Lipinski definition) is 2. The molecular weight excluding hydrogens is 503 g/mol. The SMILES string of the molecule is CN=C(NCc1cc(F)ccc1F)NCC1(c2ccc(OC)cc2)CCOCC1.I. The second kappa shape index (κ2) is 11.5. The number of ether oxygens (including phenoxy) is 2. The van der Waals surface area contributed by atoms with Crippen LogP contribution in [0.25, 0.3) is 0 Å². The van der Waals surface area contributed by atoms with Gasteiger partial charge in [-0.05, 0) is 48.7 Å². The highest BCUT2D eigenvalue weighted by atomic mass is 127. The van der Waals surface area contributed by atoms with Crippen molar-refractivity contribution in [3.63, 3.8) is 0 Å². The van der Waals surface area contributed by atoms with Crippen LogP contribution < -0.4 is 15.4 Å². The van der Waals surface area contributed by atoms with Crippen molar-refractivity contribution in [2.75, 3.05) is 33.9 Å². The van der Waals surface area contributed by atoms with E-state index in [0.717, 1.165) is 30.7 Å². The molecule has 0 saturated carbocycles. The summed E-state index contributed by atoms with van der Waals surface area (Å²) in [6, 6.07) is 11.5. The highest BCUT2D eigenvalue weighted by molar-refractivity contribution is 14.0. The number of guanidine groups is 1. The molecule has 0 bridgehead atoms. The van der Waals surface area contributed by atoms with Gasteiger partial charge in [0.2, 0.25) is 0 Å². The van der Waals surface area contributed by atoms with Gasteiger partial charge in [0, 0.05) is 44.3 Å².